The van der Waals surface area contributed by atoms with Gasteiger partial charge in [-0.3, -0.25) is 14.9 Å². The molecule has 2 heterocycles. The first-order chi connectivity index (χ1) is 14.3. The van der Waals surface area contributed by atoms with Crippen molar-refractivity contribution < 1.29 is 18.8 Å². The van der Waals surface area contributed by atoms with Gasteiger partial charge in [-0.2, -0.15) is 0 Å². The minimum atomic E-state index is -0.807. The molecule has 0 aromatic heterocycles. The molecule has 2 aromatic carbocycles. The lowest BCUT2D eigenvalue weighted by Gasteiger charge is -2.26. The van der Waals surface area contributed by atoms with Crippen LogP contribution in [-0.4, -0.2) is 30.9 Å². The Kier molecular flexibility index (Phi) is 5.11. The summed E-state index contributed by atoms with van der Waals surface area (Å²) >= 11 is 0. The van der Waals surface area contributed by atoms with Crippen LogP contribution in [0.1, 0.15) is 29.5 Å². The molecule has 2 aliphatic heterocycles. The van der Waals surface area contributed by atoms with Crippen LogP contribution in [0.25, 0.3) is 6.08 Å². The fraction of sp³-hybridized carbons (Fsp3) is 0.261. The van der Waals surface area contributed by atoms with Crippen LogP contribution in [0.15, 0.2) is 42.0 Å². The molecule has 4 rings (SSSR count). The van der Waals surface area contributed by atoms with Gasteiger partial charge < -0.3 is 4.90 Å². The molecule has 4 amide bonds. The second-order valence-corrected chi connectivity index (χ2v) is 7.65. The summed E-state index contributed by atoms with van der Waals surface area (Å²) in [5, 5.41) is 2.19. The number of carbonyl (C=O) groups is 3. The van der Waals surface area contributed by atoms with Gasteiger partial charge in [0.1, 0.15) is 11.4 Å². The number of urea groups is 1. The molecule has 2 fully saturated rings. The molecule has 2 aliphatic rings. The predicted octanol–water partition coefficient (Wildman–Crippen LogP) is 3.71. The third kappa shape index (κ3) is 3.58. The fourth-order valence-corrected chi connectivity index (χ4v) is 3.78. The van der Waals surface area contributed by atoms with Gasteiger partial charge in [-0.1, -0.05) is 17.7 Å². The van der Waals surface area contributed by atoms with Gasteiger partial charge in [0.25, 0.3) is 11.8 Å². The lowest BCUT2D eigenvalue weighted by Crippen LogP contribution is -2.54. The Bertz CT molecular complexity index is 1070. The van der Waals surface area contributed by atoms with E-state index in [4.69, 9.17) is 0 Å². The number of amides is 4. The highest BCUT2D eigenvalue weighted by molar-refractivity contribution is 6.39. The third-order valence-electron chi connectivity index (χ3n) is 5.48. The summed E-state index contributed by atoms with van der Waals surface area (Å²) in [7, 11) is 0. The molecular weight excluding hydrogens is 385 g/mol. The van der Waals surface area contributed by atoms with Gasteiger partial charge in [0.2, 0.25) is 0 Å². The van der Waals surface area contributed by atoms with E-state index in [-0.39, 0.29) is 5.57 Å². The summed E-state index contributed by atoms with van der Waals surface area (Å²) in [5.74, 6) is -1.93. The topological polar surface area (TPSA) is 69.7 Å². The number of nitrogens with one attached hydrogen (secondary N) is 1. The van der Waals surface area contributed by atoms with E-state index < -0.39 is 23.7 Å². The molecule has 6 nitrogen and oxygen atoms in total. The molecule has 1 N–H and O–H groups in total. The van der Waals surface area contributed by atoms with Gasteiger partial charge in [0.05, 0.1) is 11.4 Å². The molecule has 0 saturated carbocycles. The second kappa shape index (κ2) is 7.74. The summed E-state index contributed by atoms with van der Waals surface area (Å²) in [5.41, 5.74) is 2.81. The van der Waals surface area contributed by atoms with Crippen LogP contribution in [0, 0.1) is 19.7 Å². The minimum absolute atomic E-state index is 0.216. The highest BCUT2D eigenvalue weighted by Crippen LogP contribution is 2.29. The smallest absolute Gasteiger partial charge is 0.335 e. The Morgan fingerprint density at radius 2 is 1.67 bits per heavy atom. The number of barbiturate groups is 1. The maximum absolute atomic E-state index is 14.8. The van der Waals surface area contributed by atoms with Crippen LogP contribution in [0.4, 0.5) is 20.6 Å². The molecule has 0 bridgehead atoms. The number of anilines is 2. The van der Waals surface area contributed by atoms with Crippen molar-refractivity contribution in [3.05, 3.63) is 64.5 Å². The molecular formula is C23H22FN3O3. The van der Waals surface area contributed by atoms with Crippen molar-refractivity contribution in [2.24, 2.45) is 0 Å². The zero-order chi connectivity index (χ0) is 21.4. The lowest BCUT2D eigenvalue weighted by molar-refractivity contribution is -0.122. The summed E-state index contributed by atoms with van der Waals surface area (Å²) in [6.45, 7) is 5.32. The molecule has 154 valence electrons. The maximum Gasteiger partial charge on any atom is 0.335 e. The SMILES string of the molecule is Cc1ccc(N2C(=O)NC(=O)/C(=C\c3cc(F)c(N4CCCC4)cc3C)C2=O)cc1. The average molecular weight is 407 g/mol. The first-order valence-corrected chi connectivity index (χ1v) is 9.88. The number of imide groups is 2. The number of benzene rings is 2. The largest absolute Gasteiger partial charge is 0.369 e. The van der Waals surface area contributed by atoms with Crippen molar-refractivity contribution in [3.8, 4) is 0 Å². The summed E-state index contributed by atoms with van der Waals surface area (Å²) in [6, 6.07) is 9.08. The lowest BCUT2D eigenvalue weighted by atomic mass is 10.0. The quantitative estimate of drug-likeness (QED) is 0.622. The van der Waals surface area contributed by atoms with E-state index >= 15 is 0 Å². The van der Waals surface area contributed by atoms with E-state index in [1.807, 2.05) is 11.8 Å². The Labute approximate surface area is 174 Å². The zero-order valence-corrected chi connectivity index (χ0v) is 16.9. The van der Waals surface area contributed by atoms with Crippen molar-refractivity contribution in [2.75, 3.05) is 22.9 Å². The molecule has 2 aromatic rings. The van der Waals surface area contributed by atoms with Crippen LogP contribution in [0.3, 0.4) is 0 Å². The van der Waals surface area contributed by atoms with Crippen LogP contribution < -0.4 is 15.1 Å². The molecule has 0 radical (unpaired) electrons. The highest BCUT2D eigenvalue weighted by Gasteiger charge is 2.37. The molecule has 30 heavy (non-hydrogen) atoms. The molecule has 0 spiro atoms. The second-order valence-electron chi connectivity index (χ2n) is 7.65. The van der Waals surface area contributed by atoms with Crippen molar-refractivity contribution in [2.45, 2.75) is 26.7 Å². The number of hydrogen-bond acceptors (Lipinski definition) is 4. The number of aryl methyl sites for hydroxylation is 2. The molecule has 2 saturated heterocycles. The standard InChI is InChI=1S/C23H22FN3O3/c1-14-5-7-17(8-6-14)27-22(29)18(21(28)25-23(27)30)12-16-13-19(24)20(11-15(16)2)26-9-3-4-10-26/h5-8,11-13H,3-4,9-10H2,1-2H3,(H,25,28,30)/b18-12+. The van der Waals surface area contributed by atoms with E-state index in [1.54, 1.807) is 37.3 Å². The van der Waals surface area contributed by atoms with Crippen LogP contribution in [0.2, 0.25) is 0 Å². The monoisotopic (exact) mass is 407 g/mol. The number of halogens is 1. The van der Waals surface area contributed by atoms with Gasteiger partial charge >= 0.3 is 6.03 Å². The van der Waals surface area contributed by atoms with Crippen LogP contribution in [-0.2, 0) is 9.59 Å². The number of nitrogens with zero attached hydrogens (tertiary/aromatic N) is 2. The summed E-state index contributed by atoms with van der Waals surface area (Å²) < 4.78 is 14.8. The van der Waals surface area contributed by atoms with Crippen molar-refractivity contribution in [1.29, 1.82) is 0 Å². The van der Waals surface area contributed by atoms with E-state index in [0.29, 0.717) is 16.9 Å². The average Bonchev–Trinajstić information content (AvgIpc) is 3.23. The fourth-order valence-electron chi connectivity index (χ4n) is 3.78. The van der Waals surface area contributed by atoms with Crippen molar-refractivity contribution in [3.63, 3.8) is 0 Å². The van der Waals surface area contributed by atoms with Gasteiger partial charge in [-0.25, -0.2) is 14.1 Å². The number of carbonyl (C=O) groups excluding carboxylic acids is 3. The normalized spacial score (nSPS) is 18.4. The number of rotatable bonds is 3. The van der Waals surface area contributed by atoms with Crippen molar-refractivity contribution in [1.82, 2.24) is 5.32 Å². The van der Waals surface area contributed by atoms with Gasteiger partial charge in [-0.15, -0.1) is 0 Å². The molecule has 7 heteroatoms. The molecule has 0 aliphatic carbocycles. The predicted molar refractivity (Wildman–Crippen MR) is 113 cm³/mol. The van der Waals surface area contributed by atoms with E-state index in [0.717, 1.165) is 42.0 Å². The summed E-state index contributed by atoms with van der Waals surface area (Å²) in [6.07, 6.45) is 3.40. The third-order valence-corrected chi connectivity index (χ3v) is 5.48. The van der Waals surface area contributed by atoms with Crippen LogP contribution in [0.5, 0.6) is 0 Å². The highest BCUT2D eigenvalue weighted by atomic mass is 19.1. The first-order valence-electron chi connectivity index (χ1n) is 9.88. The summed E-state index contributed by atoms with van der Waals surface area (Å²) in [4.78, 5) is 40.6. The Morgan fingerprint density at radius 3 is 2.33 bits per heavy atom. The van der Waals surface area contributed by atoms with Crippen molar-refractivity contribution >= 4 is 35.3 Å². The van der Waals surface area contributed by atoms with Gasteiger partial charge in [0, 0.05) is 13.1 Å². The van der Waals surface area contributed by atoms with E-state index in [2.05, 4.69) is 5.32 Å². The Hall–Kier alpha value is -3.48. The zero-order valence-electron chi connectivity index (χ0n) is 16.9. The van der Waals surface area contributed by atoms with E-state index in [9.17, 15) is 18.8 Å². The van der Waals surface area contributed by atoms with Crippen LogP contribution >= 0.6 is 0 Å². The van der Waals surface area contributed by atoms with Gasteiger partial charge in [0.15, 0.2) is 0 Å². The Balaban J connectivity index is 1.70. The molecule has 0 unspecified atom stereocenters. The number of hydrogen-bond donors (Lipinski definition) is 1. The first kappa shape index (κ1) is 19.8. The minimum Gasteiger partial charge on any atom is -0.369 e. The molecule has 0 atom stereocenters. The van der Waals surface area contributed by atoms with Gasteiger partial charge in [-0.05, 0) is 68.2 Å². The van der Waals surface area contributed by atoms with E-state index in [1.165, 1.54) is 12.1 Å². The maximum atomic E-state index is 14.8. The Morgan fingerprint density at radius 1 is 1.00 bits per heavy atom.